The molecular weight excluding hydrogens is 264 g/mol. The zero-order valence-electron chi connectivity index (χ0n) is 13.0. The van der Waals surface area contributed by atoms with Gasteiger partial charge in [-0.15, -0.1) is 5.10 Å². The highest BCUT2D eigenvalue weighted by Gasteiger charge is 2.15. The monoisotopic (exact) mass is 288 g/mol. The smallest absolute Gasteiger partial charge is 0.0965 e. The molecule has 0 aliphatic carbocycles. The molecular formula is C16H24N4O. The van der Waals surface area contributed by atoms with Crippen LogP contribution in [-0.4, -0.2) is 32.7 Å². The first-order valence-corrected chi connectivity index (χ1v) is 7.29. The summed E-state index contributed by atoms with van der Waals surface area (Å²) < 4.78 is 1.86. The highest BCUT2D eigenvalue weighted by atomic mass is 16.3. The number of hydrogen-bond donors (Lipinski definition) is 2. The molecule has 0 saturated heterocycles. The van der Waals surface area contributed by atoms with Gasteiger partial charge in [-0.3, -0.25) is 0 Å². The Hall–Kier alpha value is -1.72. The summed E-state index contributed by atoms with van der Waals surface area (Å²) in [5.74, 6) is 0. The second-order valence-corrected chi connectivity index (χ2v) is 6.28. The summed E-state index contributed by atoms with van der Waals surface area (Å²) >= 11 is 0. The van der Waals surface area contributed by atoms with E-state index in [0.29, 0.717) is 6.54 Å². The number of aromatic nitrogens is 3. The number of aliphatic hydroxyl groups is 1. The number of nitrogens with zero attached hydrogens (tertiary/aromatic N) is 3. The lowest BCUT2D eigenvalue weighted by molar-refractivity contribution is 0.240. The largest absolute Gasteiger partial charge is 0.395 e. The molecule has 0 saturated carbocycles. The van der Waals surface area contributed by atoms with Gasteiger partial charge in [-0.05, 0) is 32.8 Å². The third-order valence-electron chi connectivity index (χ3n) is 3.35. The average Bonchev–Trinajstić information content (AvgIpc) is 2.93. The van der Waals surface area contributed by atoms with Crippen molar-refractivity contribution in [3.05, 3.63) is 47.8 Å². The average molecular weight is 288 g/mol. The fraction of sp³-hybridized carbons (Fsp3) is 0.500. The number of nitrogens with one attached hydrogen (secondary N) is 1. The number of benzene rings is 1. The maximum atomic E-state index is 9.50. The highest BCUT2D eigenvalue weighted by molar-refractivity contribution is 5.16. The maximum absolute atomic E-state index is 9.50. The second-order valence-electron chi connectivity index (χ2n) is 6.28. The van der Waals surface area contributed by atoms with Gasteiger partial charge in [0.2, 0.25) is 0 Å². The van der Waals surface area contributed by atoms with Gasteiger partial charge in [-0.2, -0.15) is 0 Å². The van der Waals surface area contributed by atoms with Crippen molar-refractivity contribution >= 4 is 0 Å². The van der Waals surface area contributed by atoms with E-state index in [0.717, 1.165) is 12.1 Å². The van der Waals surface area contributed by atoms with E-state index in [2.05, 4.69) is 48.5 Å². The van der Waals surface area contributed by atoms with E-state index < -0.39 is 0 Å². The predicted molar refractivity (Wildman–Crippen MR) is 82.9 cm³/mol. The summed E-state index contributed by atoms with van der Waals surface area (Å²) in [6.07, 6.45) is 2.74. The molecule has 0 amide bonds. The first-order valence-electron chi connectivity index (χ1n) is 7.29. The van der Waals surface area contributed by atoms with Crippen LogP contribution in [0.5, 0.6) is 0 Å². The van der Waals surface area contributed by atoms with Crippen LogP contribution in [0, 0.1) is 0 Å². The molecule has 2 N–H and O–H groups in total. The molecule has 5 heteroatoms. The zero-order chi connectivity index (χ0) is 15.3. The minimum atomic E-state index is -0.0638. The number of hydrogen-bond acceptors (Lipinski definition) is 4. The van der Waals surface area contributed by atoms with Crippen molar-refractivity contribution < 1.29 is 5.11 Å². The molecule has 1 atom stereocenters. The molecule has 1 unspecified atom stereocenters. The van der Waals surface area contributed by atoms with Crippen molar-refractivity contribution in [1.29, 1.82) is 0 Å². The van der Waals surface area contributed by atoms with Gasteiger partial charge in [0.05, 0.1) is 24.0 Å². The van der Waals surface area contributed by atoms with Crippen LogP contribution in [0.1, 0.15) is 32.0 Å². The van der Waals surface area contributed by atoms with Crippen LogP contribution in [0.3, 0.4) is 0 Å². The SMILES string of the molecule is CC(C)(C)n1cc(CNC(CO)Cc2ccccc2)nn1. The summed E-state index contributed by atoms with van der Waals surface area (Å²) in [7, 11) is 0. The Morgan fingerprint density at radius 2 is 1.95 bits per heavy atom. The standard InChI is InChI=1S/C16H24N4O/c1-16(2,3)20-11-15(18-19-20)10-17-14(12-21)9-13-7-5-4-6-8-13/h4-8,11,14,17,21H,9-10,12H2,1-3H3. The lowest BCUT2D eigenvalue weighted by Gasteiger charge is -2.17. The topological polar surface area (TPSA) is 63.0 Å². The Balaban J connectivity index is 1.90. The van der Waals surface area contributed by atoms with Crippen LogP contribution in [0.15, 0.2) is 36.5 Å². The van der Waals surface area contributed by atoms with Crippen molar-refractivity contribution in [2.24, 2.45) is 0 Å². The summed E-state index contributed by atoms with van der Waals surface area (Å²) in [5, 5.41) is 21.1. The van der Waals surface area contributed by atoms with E-state index >= 15 is 0 Å². The third-order valence-corrected chi connectivity index (χ3v) is 3.35. The van der Waals surface area contributed by atoms with Gasteiger partial charge in [0.1, 0.15) is 0 Å². The zero-order valence-corrected chi connectivity index (χ0v) is 13.0. The quantitative estimate of drug-likeness (QED) is 0.849. The van der Waals surface area contributed by atoms with Crippen LogP contribution in [-0.2, 0) is 18.5 Å². The molecule has 0 radical (unpaired) electrons. The molecule has 21 heavy (non-hydrogen) atoms. The van der Waals surface area contributed by atoms with Crippen LogP contribution in [0.4, 0.5) is 0 Å². The van der Waals surface area contributed by atoms with E-state index in [1.54, 1.807) is 0 Å². The van der Waals surface area contributed by atoms with E-state index in [4.69, 9.17) is 0 Å². The number of rotatable bonds is 6. The maximum Gasteiger partial charge on any atom is 0.0965 e. The molecule has 2 rings (SSSR count). The summed E-state index contributed by atoms with van der Waals surface area (Å²) in [6.45, 7) is 6.97. The molecule has 2 aromatic rings. The summed E-state index contributed by atoms with van der Waals surface area (Å²) in [6, 6.07) is 10.2. The van der Waals surface area contributed by atoms with Crippen molar-refractivity contribution in [3.63, 3.8) is 0 Å². The van der Waals surface area contributed by atoms with Crippen molar-refractivity contribution in [2.75, 3.05) is 6.61 Å². The highest BCUT2D eigenvalue weighted by Crippen LogP contribution is 2.11. The van der Waals surface area contributed by atoms with E-state index in [9.17, 15) is 5.11 Å². The van der Waals surface area contributed by atoms with Crippen molar-refractivity contribution in [2.45, 2.75) is 45.3 Å². The first-order chi connectivity index (χ1) is 9.99. The van der Waals surface area contributed by atoms with Crippen LogP contribution < -0.4 is 5.32 Å². The molecule has 5 nitrogen and oxygen atoms in total. The van der Waals surface area contributed by atoms with E-state index in [-0.39, 0.29) is 18.2 Å². The van der Waals surface area contributed by atoms with Gasteiger partial charge < -0.3 is 10.4 Å². The lowest BCUT2D eigenvalue weighted by atomic mass is 10.1. The Morgan fingerprint density at radius 1 is 1.24 bits per heavy atom. The van der Waals surface area contributed by atoms with Crippen molar-refractivity contribution in [1.82, 2.24) is 20.3 Å². The van der Waals surface area contributed by atoms with Crippen molar-refractivity contribution in [3.8, 4) is 0 Å². The Kier molecular flexibility index (Phi) is 5.09. The van der Waals surface area contributed by atoms with Gasteiger partial charge in [-0.25, -0.2) is 4.68 Å². The van der Waals surface area contributed by atoms with Gasteiger partial charge >= 0.3 is 0 Å². The Labute approximate surface area is 126 Å². The predicted octanol–water partition coefficient (Wildman–Crippen LogP) is 1.73. The minimum Gasteiger partial charge on any atom is -0.395 e. The molecule has 1 aromatic heterocycles. The first kappa shape index (κ1) is 15.7. The van der Waals surface area contributed by atoms with Gasteiger partial charge in [0.25, 0.3) is 0 Å². The van der Waals surface area contributed by atoms with Crippen LogP contribution in [0.2, 0.25) is 0 Å². The molecule has 0 aliphatic heterocycles. The van der Waals surface area contributed by atoms with Crippen LogP contribution >= 0.6 is 0 Å². The fourth-order valence-electron chi connectivity index (χ4n) is 2.06. The molecule has 1 heterocycles. The molecule has 0 aliphatic rings. The van der Waals surface area contributed by atoms with Gasteiger partial charge in [0, 0.05) is 12.6 Å². The van der Waals surface area contributed by atoms with Gasteiger partial charge in [-0.1, -0.05) is 35.5 Å². The molecule has 0 spiro atoms. The molecule has 1 aromatic carbocycles. The fourth-order valence-corrected chi connectivity index (χ4v) is 2.06. The molecule has 114 valence electrons. The summed E-state index contributed by atoms with van der Waals surface area (Å²) in [4.78, 5) is 0. The van der Waals surface area contributed by atoms with Crippen LogP contribution in [0.25, 0.3) is 0 Å². The van der Waals surface area contributed by atoms with E-state index in [1.807, 2.05) is 29.1 Å². The number of aliphatic hydroxyl groups excluding tert-OH is 1. The molecule has 0 bridgehead atoms. The van der Waals surface area contributed by atoms with Gasteiger partial charge in [0.15, 0.2) is 0 Å². The Morgan fingerprint density at radius 3 is 2.52 bits per heavy atom. The lowest BCUT2D eigenvalue weighted by Crippen LogP contribution is -2.34. The summed E-state index contributed by atoms with van der Waals surface area (Å²) in [5.41, 5.74) is 2.03. The second kappa shape index (κ2) is 6.83. The third kappa shape index (κ3) is 4.65. The normalized spacial score (nSPS) is 13.3. The van der Waals surface area contributed by atoms with E-state index in [1.165, 1.54) is 5.56 Å². The molecule has 0 fully saturated rings. The Bertz CT molecular complexity index is 545. The minimum absolute atomic E-state index is 0.0205.